The summed E-state index contributed by atoms with van der Waals surface area (Å²) in [6.45, 7) is 6.69. The molecule has 1 unspecified atom stereocenters. The highest BCUT2D eigenvalue weighted by molar-refractivity contribution is 8.00. The maximum atomic E-state index is 5.98. The predicted octanol–water partition coefficient (Wildman–Crippen LogP) is 1.26. The van der Waals surface area contributed by atoms with Gasteiger partial charge in [-0.2, -0.15) is 11.8 Å². The minimum Gasteiger partial charge on any atom is -0.371 e. The maximum Gasteiger partial charge on any atom is 0.0828 e. The first kappa shape index (κ1) is 8.85. The van der Waals surface area contributed by atoms with Crippen LogP contribution in [0, 0.1) is 0 Å². The van der Waals surface area contributed by atoms with Gasteiger partial charge in [0.25, 0.3) is 0 Å². The number of nitrogens with one attached hydrogen (secondary N) is 1. The van der Waals surface area contributed by atoms with Crippen molar-refractivity contribution in [2.24, 2.45) is 0 Å². The van der Waals surface area contributed by atoms with E-state index >= 15 is 0 Å². The summed E-state index contributed by atoms with van der Waals surface area (Å²) in [4.78, 5) is 0. The van der Waals surface area contributed by atoms with Crippen molar-refractivity contribution in [3.8, 4) is 0 Å². The van der Waals surface area contributed by atoms with Crippen LogP contribution in [0.3, 0.4) is 0 Å². The Hall–Kier alpha value is 0.270. The van der Waals surface area contributed by atoms with E-state index in [4.69, 9.17) is 4.74 Å². The van der Waals surface area contributed by atoms with E-state index in [-0.39, 0.29) is 0 Å². The molecule has 0 spiro atoms. The minimum atomic E-state index is 0.343. The van der Waals surface area contributed by atoms with E-state index in [0.29, 0.717) is 17.0 Å². The van der Waals surface area contributed by atoms with E-state index < -0.39 is 0 Å². The summed E-state index contributed by atoms with van der Waals surface area (Å²) < 4.78 is 6.32. The van der Waals surface area contributed by atoms with Crippen molar-refractivity contribution in [1.82, 2.24) is 5.32 Å². The van der Waals surface area contributed by atoms with E-state index in [1.54, 1.807) is 0 Å². The molecule has 0 aromatic heterocycles. The van der Waals surface area contributed by atoms with Crippen molar-refractivity contribution in [2.75, 3.05) is 18.8 Å². The second-order valence-electron chi connectivity index (χ2n) is 4.15. The molecule has 2 rings (SSSR count). The van der Waals surface area contributed by atoms with Gasteiger partial charge in [0.15, 0.2) is 0 Å². The average molecular weight is 187 g/mol. The van der Waals surface area contributed by atoms with Crippen LogP contribution >= 0.6 is 11.8 Å². The Bertz CT molecular complexity index is 168. The Labute approximate surface area is 78.4 Å². The van der Waals surface area contributed by atoms with Crippen molar-refractivity contribution in [1.29, 1.82) is 0 Å². The largest absolute Gasteiger partial charge is 0.371 e. The SMILES string of the molecule is CC1(C)SCCC1OC1CNC1. The van der Waals surface area contributed by atoms with Crippen LogP contribution in [0.25, 0.3) is 0 Å². The van der Waals surface area contributed by atoms with Crippen LogP contribution in [0.4, 0.5) is 0 Å². The van der Waals surface area contributed by atoms with Crippen LogP contribution in [0.2, 0.25) is 0 Å². The molecule has 0 radical (unpaired) electrons. The van der Waals surface area contributed by atoms with Gasteiger partial charge in [-0.1, -0.05) is 0 Å². The number of hydrogen-bond donors (Lipinski definition) is 1. The first-order valence-corrected chi connectivity index (χ1v) is 5.67. The molecule has 0 amide bonds. The number of hydrogen-bond acceptors (Lipinski definition) is 3. The quantitative estimate of drug-likeness (QED) is 0.703. The fourth-order valence-electron chi connectivity index (χ4n) is 1.69. The molecule has 2 fully saturated rings. The smallest absolute Gasteiger partial charge is 0.0828 e. The number of ether oxygens (including phenoxy) is 1. The molecule has 0 aromatic carbocycles. The molecule has 2 nitrogen and oxygen atoms in total. The first-order valence-electron chi connectivity index (χ1n) is 4.68. The normalized spacial score (nSPS) is 35.0. The zero-order valence-corrected chi connectivity index (χ0v) is 8.62. The second kappa shape index (κ2) is 3.20. The van der Waals surface area contributed by atoms with E-state index in [1.165, 1.54) is 12.2 Å². The molecular weight excluding hydrogens is 170 g/mol. The zero-order chi connectivity index (χ0) is 8.60. The first-order chi connectivity index (χ1) is 5.68. The molecule has 12 heavy (non-hydrogen) atoms. The minimum absolute atomic E-state index is 0.343. The number of thioether (sulfide) groups is 1. The average Bonchev–Trinajstić information content (AvgIpc) is 2.21. The zero-order valence-electron chi connectivity index (χ0n) is 7.80. The van der Waals surface area contributed by atoms with Crippen LogP contribution in [0.15, 0.2) is 0 Å². The predicted molar refractivity (Wildman–Crippen MR) is 52.7 cm³/mol. The summed E-state index contributed by atoms with van der Waals surface area (Å²) in [5.74, 6) is 1.26. The van der Waals surface area contributed by atoms with Gasteiger partial charge in [0.1, 0.15) is 0 Å². The fourth-order valence-corrected chi connectivity index (χ4v) is 2.91. The molecule has 0 aliphatic carbocycles. The summed E-state index contributed by atoms with van der Waals surface area (Å²) in [7, 11) is 0. The van der Waals surface area contributed by atoms with Gasteiger partial charge >= 0.3 is 0 Å². The molecule has 0 aromatic rings. The molecule has 2 aliphatic heterocycles. The fraction of sp³-hybridized carbons (Fsp3) is 1.00. The van der Waals surface area contributed by atoms with Crippen molar-refractivity contribution in [2.45, 2.75) is 37.2 Å². The molecule has 3 heteroatoms. The van der Waals surface area contributed by atoms with Crippen molar-refractivity contribution in [3.63, 3.8) is 0 Å². The van der Waals surface area contributed by atoms with Gasteiger partial charge in [-0.3, -0.25) is 0 Å². The Morgan fingerprint density at radius 2 is 2.17 bits per heavy atom. The highest BCUT2D eigenvalue weighted by Gasteiger charge is 2.38. The summed E-state index contributed by atoms with van der Waals surface area (Å²) >= 11 is 2.04. The van der Waals surface area contributed by atoms with Crippen LogP contribution < -0.4 is 5.32 Å². The Morgan fingerprint density at radius 1 is 1.42 bits per heavy atom. The van der Waals surface area contributed by atoms with E-state index in [1.807, 2.05) is 11.8 Å². The molecule has 2 aliphatic rings. The maximum absolute atomic E-state index is 5.98. The lowest BCUT2D eigenvalue weighted by molar-refractivity contribution is -0.0471. The van der Waals surface area contributed by atoms with Crippen LogP contribution in [-0.2, 0) is 4.74 Å². The Morgan fingerprint density at radius 3 is 2.58 bits per heavy atom. The van der Waals surface area contributed by atoms with Gasteiger partial charge in [-0.15, -0.1) is 0 Å². The lowest BCUT2D eigenvalue weighted by Gasteiger charge is -2.34. The molecule has 1 atom stereocenters. The van der Waals surface area contributed by atoms with Gasteiger partial charge in [0, 0.05) is 17.8 Å². The summed E-state index contributed by atoms with van der Waals surface area (Å²) in [5.41, 5.74) is 0. The monoisotopic (exact) mass is 187 g/mol. The van der Waals surface area contributed by atoms with Gasteiger partial charge in [-0.05, 0) is 26.0 Å². The summed E-state index contributed by atoms with van der Waals surface area (Å²) in [6.07, 6.45) is 2.20. The Kier molecular flexibility index (Phi) is 2.36. The van der Waals surface area contributed by atoms with Crippen LogP contribution in [-0.4, -0.2) is 35.8 Å². The summed E-state index contributed by atoms with van der Waals surface area (Å²) in [5, 5.41) is 3.23. The third-order valence-corrected chi connectivity index (χ3v) is 4.18. The Balaban J connectivity index is 1.85. The lowest BCUT2D eigenvalue weighted by atomic mass is 10.0. The lowest BCUT2D eigenvalue weighted by Crippen LogP contribution is -2.51. The molecule has 0 bridgehead atoms. The third-order valence-electron chi connectivity index (χ3n) is 2.73. The van der Waals surface area contributed by atoms with Gasteiger partial charge < -0.3 is 10.1 Å². The summed E-state index contributed by atoms with van der Waals surface area (Å²) in [6, 6.07) is 0. The van der Waals surface area contributed by atoms with Crippen molar-refractivity contribution >= 4 is 11.8 Å². The van der Waals surface area contributed by atoms with Crippen molar-refractivity contribution in [3.05, 3.63) is 0 Å². The van der Waals surface area contributed by atoms with Gasteiger partial charge in [0.2, 0.25) is 0 Å². The van der Waals surface area contributed by atoms with E-state index in [9.17, 15) is 0 Å². The molecule has 2 heterocycles. The van der Waals surface area contributed by atoms with E-state index in [2.05, 4.69) is 19.2 Å². The highest BCUT2D eigenvalue weighted by Crippen LogP contribution is 2.39. The molecule has 0 saturated carbocycles. The molecule has 2 saturated heterocycles. The van der Waals surface area contributed by atoms with Crippen LogP contribution in [0.1, 0.15) is 20.3 Å². The molecular formula is C9H17NOS. The second-order valence-corrected chi connectivity index (χ2v) is 5.89. The van der Waals surface area contributed by atoms with E-state index in [0.717, 1.165) is 13.1 Å². The topological polar surface area (TPSA) is 21.3 Å². The molecule has 1 N–H and O–H groups in total. The van der Waals surface area contributed by atoms with Gasteiger partial charge in [0.05, 0.1) is 12.2 Å². The number of rotatable bonds is 2. The van der Waals surface area contributed by atoms with Crippen LogP contribution in [0.5, 0.6) is 0 Å². The highest BCUT2D eigenvalue weighted by atomic mass is 32.2. The third kappa shape index (κ3) is 1.63. The van der Waals surface area contributed by atoms with Crippen molar-refractivity contribution < 1.29 is 4.74 Å². The van der Waals surface area contributed by atoms with Gasteiger partial charge in [-0.25, -0.2) is 0 Å². The molecule has 70 valence electrons. The standard InChI is InChI=1S/C9H17NOS/c1-9(2)8(3-4-12-9)11-7-5-10-6-7/h7-8,10H,3-6H2,1-2H3.